The van der Waals surface area contributed by atoms with Crippen LogP contribution in [0.15, 0.2) is 12.5 Å². The summed E-state index contributed by atoms with van der Waals surface area (Å²) < 4.78 is 0. The number of nitrogens with two attached hydrogens (primary N) is 3. The fourth-order valence-electron chi connectivity index (χ4n) is 3.85. The van der Waals surface area contributed by atoms with Gasteiger partial charge in [-0.05, 0) is 25.7 Å². The number of rotatable bonds is 14. The van der Waals surface area contributed by atoms with Crippen molar-refractivity contribution in [2.45, 2.75) is 69.1 Å². The van der Waals surface area contributed by atoms with Crippen LogP contribution in [0.4, 0.5) is 0 Å². The van der Waals surface area contributed by atoms with E-state index in [9.17, 15) is 33.9 Å². The Hall–Kier alpha value is -4.01. The molecule has 0 saturated carbocycles. The molecule has 1 aromatic rings. The van der Waals surface area contributed by atoms with Gasteiger partial charge in [0, 0.05) is 37.7 Å². The number of primary amides is 2. The fourth-order valence-corrected chi connectivity index (χ4v) is 3.85. The van der Waals surface area contributed by atoms with Crippen LogP contribution in [0, 0.1) is 0 Å². The van der Waals surface area contributed by atoms with Crippen molar-refractivity contribution in [2.24, 2.45) is 17.2 Å². The molecule has 5 amide bonds. The Balaban J connectivity index is 2.13. The molecule has 0 aromatic carbocycles. The van der Waals surface area contributed by atoms with Crippen LogP contribution < -0.4 is 27.8 Å². The Morgan fingerprint density at radius 1 is 1.08 bits per heavy atom. The highest BCUT2D eigenvalue weighted by Crippen LogP contribution is 2.19. The molecule has 1 aliphatic heterocycles. The number of aliphatic carboxylic acids is 1. The van der Waals surface area contributed by atoms with E-state index in [-0.39, 0.29) is 38.6 Å². The summed E-state index contributed by atoms with van der Waals surface area (Å²) in [6.07, 6.45) is 3.10. The minimum atomic E-state index is -1.40. The zero-order valence-corrected chi connectivity index (χ0v) is 19.6. The number of carbonyl (C=O) groups is 6. The molecule has 2 rings (SSSR count). The van der Waals surface area contributed by atoms with Crippen molar-refractivity contribution in [3.8, 4) is 0 Å². The molecule has 10 N–H and O–H groups in total. The summed E-state index contributed by atoms with van der Waals surface area (Å²) >= 11 is 0. The third-order valence-electron chi connectivity index (χ3n) is 5.76. The molecule has 1 aliphatic rings. The van der Waals surface area contributed by atoms with Crippen molar-refractivity contribution in [1.82, 2.24) is 25.5 Å². The highest BCUT2D eigenvalue weighted by atomic mass is 16.4. The first kappa shape index (κ1) is 28.2. The van der Waals surface area contributed by atoms with Crippen molar-refractivity contribution in [3.05, 3.63) is 18.2 Å². The Bertz CT molecular complexity index is 967. The van der Waals surface area contributed by atoms with Gasteiger partial charge in [-0.25, -0.2) is 9.78 Å². The van der Waals surface area contributed by atoms with Crippen LogP contribution in [0.5, 0.6) is 0 Å². The predicted octanol–water partition coefficient (Wildman–Crippen LogP) is -3.14. The Morgan fingerprint density at radius 2 is 1.75 bits per heavy atom. The third kappa shape index (κ3) is 8.33. The quantitative estimate of drug-likeness (QED) is 0.134. The number of nitrogens with zero attached hydrogens (tertiary/aromatic N) is 2. The summed E-state index contributed by atoms with van der Waals surface area (Å²) in [5.74, 6) is -4.62. The first-order valence-electron chi connectivity index (χ1n) is 11.4. The summed E-state index contributed by atoms with van der Waals surface area (Å²) in [5.41, 5.74) is 16.6. The molecule has 1 saturated heterocycles. The van der Waals surface area contributed by atoms with Gasteiger partial charge >= 0.3 is 5.97 Å². The number of nitrogens with one attached hydrogen (secondary N) is 3. The number of carboxylic acids is 1. The van der Waals surface area contributed by atoms with Crippen LogP contribution in [0.3, 0.4) is 0 Å². The molecule has 198 valence electrons. The van der Waals surface area contributed by atoms with E-state index in [1.165, 1.54) is 17.4 Å². The second-order valence-corrected chi connectivity index (χ2v) is 8.55. The minimum absolute atomic E-state index is 0.0335. The van der Waals surface area contributed by atoms with E-state index >= 15 is 0 Å². The van der Waals surface area contributed by atoms with Crippen LogP contribution in [0.2, 0.25) is 0 Å². The van der Waals surface area contributed by atoms with Gasteiger partial charge in [-0.1, -0.05) is 0 Å². The molecule has 15 heteroatoms. The van der Waals surface area contributed by atoms with Crippen LogP contribution >= 0.6 is 0 Å². The average Bonchev–Trinajstić information content (AvgIpc) is 3.50. The number of likely N-dealkylation sites (tertiary alicyclic amines) is 1. The van der Waals surface area contributed by atoms with Crippen molar-refractivity contribution in [3.63, 3.8) is 0 Å². The van der Waals surface area contributed by atoms with E-state index in [1.807, 2.05) is 0 Å². The van der Waals surface area contributed by atoms with Gasteiger partial charge in [-0.3, -0.25) is 24.0 Å². The lowest BCUT2D eigenvalue weighted by Gasteiger charge is -2.28. The molecule has 4 unspecified atom stereocenters. The number of amides is 5. The van der Waals surface area contributed by atoms with Gasteiger partial charge in [-0.15, -0.1) is 0 Å². The van der Waals surface area contributed by atoms with Gasteiger partial charge in [0.25, 0.3) is 0 Å². The second kappa shape index (κ2) is 13.2. The molecule has 0 aliphatic carbocycles. The highest BCUT2D eigenvalue weighted by Gasteiger charge is 2.38. The predicted molar refractivity (Wildman–Crippen MR) is 123 cm³/mol. The Morgan fingerprint density at radius 3 is 2.33 bits per heavy atom. The maximum Gasteiger partial charge on any atom is 0.326 e. The molecule has 2 heterocycles. The second-order valence-electron chi connectivity index (χ2n) is 8.55. The zero-order chi connectivity index (χ0) is 26.8. The van der Waals surface area contributed by atoms with Crippen molar-refractivity contribution < 1.29 is 33.9 Å². The van der Waals surface area contributed by atoms with E-state index in [4.69, 9.17) is 17.2 Å². The lowest BCUT2D eigenvalue weighted by atomic mass is 10.1. The third-order valence-corrected chi connectivity index (χ3v) is 5.76. The fraction of sp³-hybridized carbons (Fsp3) is 0.571. The normalized spacial score (nSPS) is 17.6. The van der Waals surface area contributed by atoms with E-state index in [1.54, 1.807) is 0 Å². The Labute approximate surface area is 206 Å². The van der Waals surface area contributed by atoms with Crippen LogP contribution in [0.25, 0.3) is 0 Å². The van der Waals surface area contributed by atoms with Gasteiger partial charge in [-0.2, -0.15) is 0 Å². The van der Waals surface area contributed by atoms with E-state index < -0.39 is 59.7 Å². The summed E-state index contributed by atoms with van der Waals surface area (Å²) in [5, 5.41) is 14.3. The number of carboxylic acid groups (broad SMARTS) is 1. The van der Waals surface area contributed by atoms with Crippen LogP contribution in [-0.4, -0.2) is 86.2 Å². The van der Waals surface area contributed by atoms with Crippen LogP contribution in [-0.2, 0) is 35.2 Å². The van der Waals surface area contributed by atoms with Crippen molar-refractivity contribution in [1.29, 1.82) is 0 Å². The molecule has 0 spiro atoms. The maximum atomic E-state index is 13.1. The topological polar surface area (TPSA) is 257 Å². The summed E-state index contributed by atoms with van der Waals surface area (Å²) in [6.45, 7) is 0.271. The number of imidazole rings is 1. The van der Waals surface area contributed by atoms with E-state index in [0.29, 0.717) is 18.5 Å². The highest BCUT2D eigenvalue weighted by molar-refractivity contribution is 5.94. The lowest BCUT2D eigenvalue weighted by molar-refractivity contribution is -0.143. The SMILES string of the molecule is NC(=O)CCC(N)C(=O)N1CCCC1C(=O)NC(Cc1cnc[nH]1)C(=O)NC(CCC(N)=O)C(=O)O. The molecule has 0 radical (unpaired) electrons. The number of hydrogen-bond donors (Lipinski definition) is 7. The zero-order valence-electron chi connectivity index (χ0n) is 19.6. The first-order valence-corrected chi connectivity index (χ1v) is 11.4. The molecule has 0 bridgehead atoms. The number of H-pyrrole nitrogens is 1. The molecule has 15 nitrogen and oxygen atoms in total. The Kier molecular flexibility index (Phi) is 10.3. The average molecular weight is 509 g/mol. The van der Waals surface area contributed by atoms with Crippen molar-refractivity contribution >= 4 is 35.5 Å². The number of aromatic amines is 1. The largest absolute Gasteiger partial charge is 0.480 e. The molecular weight excluding hydrogens is 476 g/mol. The van der Waals surface area contributed by atoms with Gasteiger partial charge in [0.1, 0.15) is 18.1 Å². The molecular formula is C21H32N8O7. The summed E-state index contributed by atoms with van der Waals surface area (Å²) in [4.78, 5) is 80.4. The summed E-state index contributed by atoms with van der Waals surface area (Å²) in [7, 11) is 0. The lowest BCUT2D eigenvalue weighted by Crippen LogP contribution is -2.57. The number of aromatic nitrogens is 2. The monoisotopic (exact) mass is 508 g/mol. The van der Waals surface area contributed by atoms with Gasteiger partial charge in [0.15, 0.2) is 0 Å². The molecule has 36 heavy (non-hydrogen) atoms. The van der Waals surface area contributed by atoms with E-state index in [0.717, 1.165) is 0 Å². The number of hydrogen-bond acceptors (Lipinski definition) is 8. The maximum absolute atomic E-state index is 13.1. The molecule has 1 fully saturated rings. The van der Waals surface area contributed by atoms with Crippen LogP contribution in [0.1, 0.15) is 44.2 Å². The number of carbonyl (C=O) groups excluding carboxylic acids is 5. The van der Waals surface area contributed by atoms with Crippen molar-refractivity contribution in [2.75, 3.05) is 6.54 Å². The minimum Gasteiger partial charge on any atom is -0.480 e. The van der Waals surface area contributed by atoms with Gasteiger partial charge in [0.2, 0.25) is 29.5 Å². The standard InChI is InChI=1S/C21H32N8O7/c22-12(3-5-16(23)30)20(34)29-7-1-2-15(29)19(33)28-14(8-11-9-25-10-26-11)18(32)27-13(21(35)36)4-6-17(24)31/h9-10,12-15H,1-8,22H2,(H2,23,30)(H2,24,31)(H,25,26)(H,27,32)(H,28,33)(H,35,36). The van der Waals surface area contributed by atoms with Gasteiger partial charge < -0.3 is 42.8 Å². The molecule has 4 atom stereocenters. The van der Waals surface area contributed by atoms with E-state index in [2.05, 4.69) is 20.6 Å². The smallest absolute Gasteiger partial charge is 0.326 e. The molecule has 1 aromatic heterocycles. The summed E-state index contributed by atoms with van der Waals surface area (Å²) in [6, 6.07) is -4.54. The first-order chi connectivity index (χ1) is 17.0. The van der Waals surface area contributed by atoms with Gasteiger partial charge in [0.05, 0.1) is 12.4 Å².